The molecule has 0 aliphatic heterocycles. The molecular formula is C8H11N3. The highest BCUT2D eigenvalue weighted by molar-refractivity contribution is 5.09. The van der Waals surface area contributed by atoms with Gasteiger partial charge >= 0.3 is 0 Å². The molecule has 1 unspecified atom stereocenters. The van der Waals surface area contributed by atoms with E-state index in [9.17, 15) is 0 Å². The van der Waals surface area contributed by atoms with Gasteiger partial charge in [0.2, 0.25) is 0 Å². The molecule has 3 nitrogen and oxygen atoms in total. The van der Waals surface area contributed by atoms with Crippen molar-refractivity contribution in [2.24, 2.45) is 5.92 Å². The predicted octanol–water partition coefficient (Wildman–Crippen LogP) is 1.67. The summed E-state index contributed by atoms with van der Waals surface area (Å²) in [6, 6.07) is 2.21. The van der Waals surface area contributed by atoms with E-state index < -0.39 is 0 Å². The third-order valence-corrected chi connectivity index (χ3v) is 1.62. The number of nitrogens with zero attached hydrogens (tertiary/aromatic N) is 2. The Kier molecular flexibility index (Phi) is 2.27. The van der Waals surface area contributed by atoms with Gasteiger partial charge in [-0.15, -0.1) is 0 Å². The molecule has 0 aliphatic rings. The summed E-state index contributed by atoms with van der Waals surface area (Å²) in [5.74, 6) is 0.971. The van der Waals surface area contributed by atoms with Gasteiger partial charge in [-0.3, -0.25) is 0 Å². The summed E-state index contributed by atoms with van der Waals surface area (Å²) >= 11 is 0. The predicted molar refractivity (Wildman–Crippen MR) is 41.8 cm³/mol. The Morgan fingerprint density at radius 1 is 1.64 bits per heavy atom. The van der Waals surface area contributed by atoms with Crippen molar-refractivity contribution in [3.05, 3.63) is 18.2 Å². The zero-order valence-electron chi connectivity index (χ0n) is 6.70. The first kappa shape index (κ1) is 7.80. The van der Waals surface area contributed by atoms with Crippen molar-refractivity contribution in [3.8, 4) is 6.07 Å². The number of aromatic nitrogens is 2. The third kappa shape index (κ3) is 1.58. The van der Waals surface area contributed by atoms with Crippen LogP contribution in [0.1, 0.15) is 25.6 Å². The molecule has 1 N–H and O–H groups in total. The first-order chi connectivity index (χ1) is 5.25. The van der Waals surface area contributed by atoms with Crippen LogP contribution >= 0.6 is 0 Å². The topological polar surface area (TPSA) is 52.5 Å². The maximum atomic E-state index is 8.76. The van der Waals surface area contributed by atoms with E-state index in [4.69, 9.17) is 5.26 Å². The molecule has 0 saturated heterocycles. The van der Waals surface area contributed by atoms with Crippen LogP contribution in [0.4, 0.5) is 0 Å². The van der Waals surface area contributed by atoms with Crippen LogP contribution in [0.15, 0.2) is 12.4 Å². The van der Waals surface area contributed by atoms with Crippen molar-refractivity contribution in [2.75, 3.05) is 0 Å². The van der Waals surface area contributed by atoms with Gasteiger partial charge in [0.1, 0.15) is 11.7 Å². The minimum Gasteiger partial charge on any atom is -0.347 e. The van der Waals surface area contributed by atoms with Gasteiger partial charge in [-0.2, -0.15) is 5.26 Å². The minimum atomic E-state index is -0.106. The van der Waals surface area contributed by atoms with Gasteiger partial charge in [-0.1, -0.05) is 13.8 Å². The largest absolute Gasteiger partial charge is 0.347 e. The smallest absolute Gasteiger partial charge is 0.123 e. The number of nitrogens with one attached hydrogen (secondary N) is 1. The van der Waals surface area contributed by atoms with Crippen molar-refractivity contribution >= 4 is 0 Å². The molecular weight excluding hydrogens is 138 g/mol. The molecule has 0 saturated carbocycles. The Morgan fingerprint density at radius 3 is 2.73 bits per heavy atom. The first-order valence-electron chi connectivity index (χ1n) is 3.64. The van der Waals surface area contributed by atoms with E-state index >= 15 is 0 Å². The van der Waals surface area contributed by atoms with Crippen LogP contribution in [0.2, 0.25) is 0 Å². The quantitative estimate of drug-likeness (QED) is 0.695. The number of nitriles is 1. The first-order valence-corrected chi connectivity index (χ1v) is 3.64. The molecule has 1 atom stereocenters. The molecule has 0 amide bonds. The van der Waals surface area contributed by atoms with Crippen LogP contribution in [0, 0.1) is 17.2 Å². The second-order valence-corrected chi connectivity index (χ2v) is 2.83. The highest BCUT2D eigenvalue weighted by Crippen LogP contribution is 2.19. The van der Waals surface area contributed by atoms with Crippen LogP contribution in [-0.4, -0.2) is 9.97 Å². The van der Waals surface area contributed by atoms with Crippen molar-refractivity contribution < 1.29 is 0 Å². The second-order valence-electron chi connectivity index (χ2n) is 2.83. The number of hydrogen-bond donors (Lipinski definition) is 1. The van der Waals surface area contributed by atoms with E-state index in [-0.39, 0.29) is 5.92 Å². The molecule has 3 heteroatoms. The molecule has 0 radical (unpaired) electrons. The van der Waals surface area contributed by atoms with Crippen LogP contribution in [0.5, 0.6) is 0 Å². The van der Waals surface area contributed by atoms with Gasteiger partial charge in [-0.05, 0) is 5.92 Å². The lowest BCUT2D eigenvalue weighted by Gasteiger charge is -2.08. The number of rotatable bonds is 2. The third-order valence-electron chi connectivity index (χ3n) is 1.62. The number of hydrogen-bond acceptors (Lipinski definition) is 2. The summed E-state index contributed by atoms with van der Waals surface area (Å²) in [5, 5.41) is 8.76. The zero-order valence-corrected chi connectivity index (χ0v) is 6.70. The van der Waals surface area contributed by atoms with Gasteiger partial charge < -0.3 is 4.98 Å². The average Bonchev–Trinajstić information content (AvgIpc) is 2.40. The van der Waals surface area contributed by atoms with Crippen LogP contribution < -0.4 is 0 Å². The Labute approximate surface area is 66.1 Å². The highest BCUT2D eigenvalue weighted by atomic mass is 14.9. The Hall–Kier alpha value is -1.30. The van der Waals surface area contributed by atoms with Gasteiger partial charge in [0, 0.05) is 12.4 Å². The van der Waals surface area contributed by atoms with Gasteiger partial charge in [0.15, 0.2) is 0 Å². The summed E-state index contributed by atoms with van der Waals surface area (Å²) in [5.41, 5.74) is 0. The molecule has 11 heavy (non-hydrogen) atoms. The summed E-state index contributed by atoms with van der Waals surface area (Å²) in [6.45, 7) is 4.02. The molecule has 0 aromatic carbocycles. The van der Waals surface area contributed by atoms with Crippen LogP contribution in [-0.2, 0) is 0 Å². The van der Waals surface area contributed by atoms with E-state index in [0.29, 0.717) is 5.92 Å². The van der Waals surface area contributed by atoms with E-state index in [0.717, 1.165) is 5.82 Å². The molecule has 1 rings (SSSR count). The fourth-order valence-electron chi connectivity index (χ4n) is 0.974. The normalized spacial score (nSPS) is 12.9. The molecule has 1 heterocycles. The van der Waals surface area contributed by atoms with Gasteiger partial charge in [0.25, 0.3) is 0 Å². The number of aromatic amines is 1. The van der Waals surface area contributed by atoms with Gasteiger partial charge in [0.05, 0.1) is 6.07 Å². The summed E-state index contributed by atoms with van der Waals surface area (Å²) in [4.78, 5) is 6.97. The van der Waals surface area contributed by atoms with E-state index in [1.165, 1.54) is 0 Å². The lowest BCUT2D eigenvalue weighted by atomic mass is 9.97. The Bertz CT molecular complexity index is 243. The van der Waals surface area contributed by atoms with E-state index in [2.05, 4.69) is 16.0 Å². The van der Waals surface area contributed by atoms with Crippen molar-refractivity contribution in [3.63, 3.8) is 0 Å². The lowest BCUT2D eigenvalue weighted by molar-refractivity contribution is 0.566. The van der Waals surface area contributed by atoms with Crippen molar-refractivity contribution in [1.29, 1.82) is 5.26 Å². The highest BCUT2D eigenvalue weighted by Gasteiger charge is 2.16. The lowest BCUT2D eigenvalue weighted by Crippen LogP contribution is -2.05. The molecule has 0 bridgehead atoms. The molecule has 1 aromatic rings. The Morgan fingerprint density at radius 2 is 2.36 bits per heavy atom. The maximum absolute atomic E-state index is 8.76. The van der Waals surface area contributed by atoms with Gasteiger partial charge in [-0.25, -0.2) is 4.98 Å². The Balaban J connectivity index is 2.82. The maximum Gasteiger partial charge on any atom is 0.123 e. The molecule has 0 aliphatic carbocycles. The zero-order chi connectivity index (χ0) is 8.27. The standard InChI is InChI=1S/C8H11N3/c1-6(2)7(5-9)8-10-3-4-11-8/h3-4,6-7H,1-2H3,(H,10,11). The second kappa shape index (κ2) is 3.20. The SMILES string of the molecule is CC(C)C(C#N)c1ncc[nH]1. The molecule has 0 fully saturated rings. The fourth-order valence-corrected chi connectivity index (χ4v) is 0.974. The summed E-state index contributed by atoms with van der Waals surface area (Å²) in [7, 11) is 0. The molecule has 0 spiro atoms. The monoisotopic (exact) mass is 149 g/mol. The summed E-state index contributed by atoms with van der Waals surface area (Å²) in [6.07, 6.45) is 3.41. The van der Waals surface area contributed by atoms with Crippen LogP contribution in [0.25, 0.3) is 0 Å². The number of H-pyrrole nitrogens is 1. The van der Waals surface area contributed by atoms with E-state index in [1.54, 1.807) is 12.4 Å². The van der Waals surface area contributed by atoms with Crippen molar-refractivity contribution in [1.82, 2.24) is 9.97 Å². The van der Waals surface area contributed by atoms with Crippen LogP contribution in [0.3, 0.4) is 0 Å². The van der Waals surface area contributed by atoms with Crippen molar-refractivity contribution in [2.45, 2.75) is 19.8 Å². The fraction of sp³-hybridized carbons (Fsp3) is 0.500. The van der Waals surface area contributed by atoms with E-state index in [1.807, 2.05) is 13.8 Å². The molecule has 58 valence electrons. The molecule has 1 aromatic heterocycles. The number of imidazole rings is 1. The average molecular weight is 149 g/mol. The summed E-state index contributed by atoms with van der Waals surface area (Å²) < 4.78 is 0. The minimum absolute atomic E-state index is 0.106.